The van der Waals surface area contributed by atoms with E-state index < -0.39 is 18.2 Å². The number of Topliss-reactive ketones (excluding diaryl/α,β-unsaturated/α-hetero) is 3. The predicted octanol–water partition coefficient (Wildman–Crippen LogP) is 16.1. The Kier molecular flexibility index (Phi) is 88.7. The summed E-state index contributed by atoms with van der Waals surface area (Å²) >= 11 is 0. The van der Waals surface area contributed by atoms with Gasteiger partial charge in [-0.05, 0) is 98.3 Å². The second-order valence-corrected chi connectivity index (χ2v) is 20.3. The highest BCUT2D eigenvalue weighted by Gasteiger charge is 2.18. The van der Waals surface area contributed by atoms with Gasteiger partial charge in [-0.3, -0.25) is 4.79 Å². The molecule has 4 fully saturated rings. The summed E-state index contributed by atoms with van der Waals surface area (Å²) in [6.07, 6.45) is 37.1. The lowest BCUT2D eigenvalue weighted by atomic mass is 9.81. The first-order valence-electron chi connectivity index (χ1n) is 29.0. The van der Waals surface area contributed by atoms with E-state index in [0.717, 1.165) is 63.3 Å². The molecule has 3 unspecified atom stereocenters. The summed E-state index contributed by atoms with van der Waals surface area (Å²) in [6, 6.07) is 0. The fourth-order valence-corrected chi connectivity index (χ4v) is 6.34. The van der Waals surface area contributed by atoms with Crippen LogP contribution in [0.5, 0.6) is 0 Å². The number of hydrogen-bond acceptors (Lipinski definition) is 10. The van der Waals surface area contributed by atoms with Crippen molar-refractivity contribution >= 4 is 23.3 Å². The third kappa shape index (κ3) is 101. The van der Waals surface area contributed by atoms with Crippen LogP contribution in [-0.4, -0.2) is 100 Å². The Morgan fingerprint density at radius 3 is 1.01 bits per heavy atom. The summed E-state index contributed by atoms with van der Waals surface area (Å²) in [6.45, 7) is 31.4. The van der Waals surface area contributed by atoms with Gasteiger partial charge >= 0.3 is 0 Å². The molecule has 11 heteroatoms. The molecular weight excluding hydrogens is 909 g/mol. The quantitative estimate of drug-likeness (QED) is 0.0613. The van der Waals surface area contributed by atoms with Crippen LogP contribution in [0.25, 0.3) is 0 Å². The van der Waals surface area contributed by atoms with Crippen LogP contribution < -0.4 is 0 Å². The summed E-state index contributed by atoms with van der Waals surface area (Å²) in [5, 5.41) is 41.6. The van der Waals surface area contributed by atoms with E-state index in [1.807, 2.05) is 13.8 Å². The molecule has 0 aliphatic heterocycles. The summed E-state index contributed by atoms with van der Waals surface area (Å²) in [7, 11) is 0. The molecule has 0 spiro atoms. The second-order valence-electron chi connectivity index (χ2n) is 20.3. The Balaban J connectivity index is -0.000000111. The van der Waals surface area contributed by atoms with E-state index in [9.17, 15) is 14.4 Å². The Bertz CT molecular complexity index is 947. The number of carboxylic acids is 1. The van der Waals surface area contributed by atoms with Crippen LogP contribution in [0.4, 0.5) is 0 Å². The van der Waals surface area contributed by atoms with Crippen molar-refractivity contribution < 1.29 is 54.2 Å². The fourth-order valence-electron chi connectivity index (χ4n) is 6.34. The number of carbonyl (C=O) groups is 4. The van der Waals surface area contributed by atoms with Gasteiger partial charge in [0.2, 0.25) is 0 Å². The van der Waals surface area contributed by atoms with Crippen LogP contribution in [0.15, 0.2) is 0 Å². The summed E-state index contributed by atoms with van der Waals surface area (Å²) in [4.78, 5) is 37.3. The molecule has 4 aliphatic carbocycles. The molecule has 4 aliphatic rings. The molecule has 72 heavy (non-hydrogen) atoms. The SMILES string of the molecule is C.CC(=O)O.CC(C)=O.CC(C)=O.CC(C)=O.CC1CCC1.CCC.CCC.CCC(O)CO.CCCCC1CCC1.CCOCC(CCCCCC1CCC1)OCC.OCC(O)CCCCCC1CCC1. The van der Waals surface area contributed by atoms with E-state index in [-0.39, 0.29) is 38.0 Å². The van der Waals surface area contributed by atoms with Gasteiger partial charge in [0.25, 0.3) is 5.97 Å². The van der Waals surface area contributed by atoms with Gasteiger partial charge in [-0.25, -0.2) is 0 Å². The zero-order valence-corrected chi connectivity index (χ0v) is 50.1. The van der Waals surface area contributed by atoms with E-state index in [1.54, 1.807) is 0 Å². The maximum Gasteiger partial charge on any atom is 0.300 e. The molecule has 4 saturated carbocycles. The Morgan fingerprint density at radius 1 is 0.500 bits per heavy atom. The van der Waals surface area contributed by atoms with Gasteiger partial charge in [-0.1, -0.05) is 216 Å². The van der Waals surface area contributed by atoms with Crippen molar-refractivity contribution in [2.24, 2.45) is 23.7 Å². The van der Waals surface area contributed by atoms with E-state index in [2.05, 4.69) is 48.5 Å². The maximum absolute atomic E-state index is 9.44. The van der Waals surface area contributed by atoms with Gasteiger partial charge in [0, 0.05) is 20.1 Å². The average Bonchev–Trinajstić information content (AvgIpc) is 3.23. The number of aliphatic carboxylic acids is 1. The third-order valence-corrected chi connectivity index (χ3v) is 11.1. The zero-order chi connectivity index (χ0) is 56.1. The van der Waals surface area contributed by atoms with Crippen molar-refractivity contribution in [3.63, 3.8) is 0 Å². The van der Waals surface area contributed by atoms with Gasteiger partial charge in [-0.2, -0.15) is 0 Å². The molecule has 4 rings (SSSR count). The molecule has 0 radical (unpaired) electrons. The second kappa shape index (κ2) is 73.5. The molecular formula is C61H130O11. The van der Waals surface area contributed by atoms with Crippen LogP contribution in [0.2, 0.25) is 0 Å². The van der Waals surface area contributed by atoms with Gasteiger partial charge in [0.15, 0.2) is 0 Å². The summed E-state index contributed by atoms with van der Waals surface area (Å²) < 4.78 is 11.1. The first-order valence-corrected chi connectivity index (χ1v) is 29.0. The molecule has 0 aromatic heterocycles. The smallest absolute Gasteiger partial charge is 0.300 e. The predicted molar refractivity (Wildman–Crippen MR) is 310 cm³/mol. The normalized spacial score (nSPS) is 15.1. The lowest BCUT2D eigenvalue weighted by Crippen LogP contribution is -2.20. The van der Waals surface area contributed by atoms with Crippen LogP contribution in [0.1, 0.15) is 298 Å². The molecule has 0 aromatic carbocycles. The van der Waals surface area contributed by atoms with E-state index in [4.69, 9.17) is 39.8 Å². The number of ether oxygens (including phenoxy) is 2. The largest absolute Gasteiger partial charge is 0.481 e. The van der Waals surface area contributed by atoms with Crippen LogP contribution >= 0.6 is 0 Å². The Hall–Kier alpha value is -1.76. The van der Waals surface area contributed by atoms with Gasteiger partial charge < -0.3 is 49.4 Å². The molecule has 0 saturated heterocycles. The van der Waals surface area contributed by atoms with Gasteiger partial charge in [0.1, 0.15) is 17.3 Å². The van der Waals surface area contributed by atoms with E-state index in [1.165, 1.54) is 202 Å². The Morgan fingerprint density at radius 2 is 0.806 bits per heavy atom. The lowest BCUT2D eigenvalue weighted by Gasteiger charge is -2.25. The highest BCUT2D eigenvalue weighted by molar-refractivity contribution is 5.72. The number of ketones is 3. The number of unbranched alkanes of at least 4 members (excludes halogenated alkanes) is 5. The number of aliphatic hydroxyl groups is 4. The van der Waals surface area contributed by atoms with Crippen LogP contribution in [-0.2, 0) is 28.7 Å². The van der Waals surface area contributed by atoms with Crippen molar-refractivity contribution in [1.82, 2.24) is 0 Å². The zero-order valence-electron chi connectivity index (χ0n) is 50.1. The molecule has 0 aromatic rings. The number of carboxylic acid groups (broad SMARTS) is 1. The van der Waals surface area contributed by atoms with Crippen molar-refractivity contribution in [2.75, 3.05) is 33.0 Å². The molecule has 0 heterocycles. The standard InChI is InChI=1S/C15H30O2.C11H22O2.C8H16.C5H10.C4H10O2.3C3H6O.2C3H8.C2H4O2.CH4/c1-3-16-13-15(17-4-2)12-7-5-6-9-14-10-8-11-14;12-9-11(13)8-3-1-2-5-10-6-4-7-10;1-2-3-5-8-6-4-7-8;1-5-3-2-4-5;1-2-4(6)3-5;3*1-3(2)4;2*1-3-2;1-2(3)4;/h14-15H,3-13H2,1-2H3;10-13H,1-9H2;8H,2-7H2,1H3;5H,2-4H2,1H3;4-6H,2-3H2,1H3;3*1-2H3;2*3H2,1-2H3;1H3,(H,3,4);1H4. The average molecular weight is 1040 g/mol. The lowest BCUT2D eigenvalue weighted by molar-refractivity contribution is -0.134. The van der Waals surface area contributed by atoms with Crippen molar-refractivity contribution in [3.8, 4) is 0 Å². The highest BCUT2D eigenvalue weighted by atomic mass is 16.5. The topological polar surface area (TPSA) is 188 Å². The third-order valence-electron chi connectivity index (χ3n) is 11.1. The molecule has 11 nitrogen and oxygen atoms in total. The minimum atomic E-state index is -0.833. The number of carbonyl (C=O) groups excluding carboxylic acids is 3. The molecule has 5 N–H and O–H groups in total. The van der Waals surface area contributed by atoms with E-state index in [0.29, 0.717) is 12.5 Å². The summed E-state index contributed by atoms with van der Waals surface area (Å²) in [5.74, 6) is 3.95. The van der Waals surface area contributed by atoms with Crippen LogP contribution in [0, 0.1) is 23.7 Å². The van der Waals surface area contributed by atoms with Gasteiger partial charge in [-0.15, -0.1) is 0 Å². The minimum absolute atomic E-state index is 0. The number of rotatable bonds is 23. The maximum atomic E-state index is 9.44. The monoisotopic (exact) mass is 1040 g/mol. The number of aliphatic hydroxyl groups excluding tert-OH is 4. The number of hydrogen-bond donors (Lipinski definition) is 5. The first-order chi connectivity index (χ1) is 33.6. The fraction of sp³-hybridized carbons (Fsp3) is 0.934. The highest BCUT2D eigenvalue weighted by Crippen LogP contribution is 2.32. The minimum Gasteiger partial charge on any atom is -0.481 e. The van der Waals surface area contributed by atoms with E-state index >= 15 is 0 Å². The molecule has 0 bridgehead atoms. The first kappa shape index (κ1) is 86.9. The van der Waals surface area contributed by atoms with Crippen LogP contribution in [0.3, 0.4) is 0 Å². The van der Waals surface area contributed by atoms with Gasteiger partial charge in [0.05, 0.1) is 38.1 Å². The Labute approximate surface area is 449 Å². The summed E-state index contributed by atoms with van der Waals surface area (Å²) in [5.41, 5.74) is 0. The molecule has 3 atom stereocenters. The molecule has 0 amide bonds. The van der Waals surface area contributed by atoms with Crippen molar-refractivity contribution in [1.29, 1.82) is 0 Å². The molecule has 440 valence electrons. The van der Waals surface area contributed by atoms with Crippen molar-refractivity contribution in [3.05, 3.63) is 0 Å². The van der Waals surface area contributed by atoms with Crippen molar-refractivity contribution in [2.45, 2.75) is 316 Å².